The van der Waals surface area contributed by atoms with Gasteiger partial charge in [-0.1, -0.05) is 17.7 Å². The van der Waals surface area contributed by atoms with Crippen molar-refractivity contribution in [2.24, 2.45) is 0 Å². The fraction of sp³-hybridized carbons (Fsp3) is 0.263. The van der Waals surface area contributed by atoms with Crippen molar-refractivity contribution in [3.8, 4) is 6.07 Å². The van der Waals surface area contributed by atoms with Crippen LogP contribution < -0.4 is 10.2 Å². The second-order valence-electron chi connectivity index (χ2n) is 6.48. The average Bonchev–Trinajstić information content (AvgIpc) is 2.96. The smallest absolute Gasteiger partial charge is 0.257 e. The number of fused-ring (bicyclic) bond motifs is 1. The van der Waals surface area contributed by atoms with Crippen LogP contribution in [0.5, 0.6) is 0 Å². The number of anilines is 2. The first-order chi connectivity index (χ1) is 12.3. The van der Waals surface area contributed by atoms with Crippen molar-refractivity contribution in [3.05, 3.63) is 58.4 Å². The Morgan fingerprint density at radius 2 is 2.19 bits per heavy atom. The number of carbonyl (C=O) groups excluding carboxylic acids is 1. The molecule has 0 aliphatic carbocycles. The molecule has 1 atom stereocenters. The summed E-state index contributed by atoms with van der Waals surface area (Å²) in [7, 11) is 0. The van der Waals surface area contributed by atoms with Crippen molar-refractivity contribution >= 4 is 28.9 Å². The van der Waals surface area contributed by atoms with Gasteiger partial charge in [-0.3, -0.25) is 4.79 Å². The molecule has 0 bridgehead atoms. The highest BCUT2D eigenvalue weighted by atomic mass is 35.5. The van der Waals surface area contributed by atoms with E-state index in [1.54, 1.807) is 17.0 Å². The van der Waals surface area contributed by atoms with E-state index >= 15 is 0 Å². The molecule has 2 aromatic rings. The van der Waals surface area contributed by atoms with Gasteiger partial charge in [0.1, 0.15) is 11.9 Å². The Morgan fingerprint density at radius 1 is 1.42 bits per heavy atom. The van der Waals surface area contributed by atoms with Gasteiger partial charge in [-0.15, -0.1) is 0 Å². The number of β-amino-alcohol motifs (C(OH)–C–C–N with tert-alkyl or cyclic N) is 1. The van der Waals surface area contributed by atoms with Gasteiger partial charge >= 0.3 is 0 Å². The molecule has 2 N–H and O–H groups in total. The van der Waals surface area contributed by atoms with Gasteiger partial charge < -0.3 is 15.3 Å². The minimum Gasteiger partial charge on any atom is -0.378 e. The Balaban J connectivity index is 1.73. The Kier molecular flexibility index (Phi) is 4.86. The van der Waals surface area contributed by atoms with Crippen LogP contribution in [0, 0.1) is 17.1 Å². The van der Waals surface area contributed by atoms with Crippen LogP contribution in [0.1, 0.15) is 18.1 Å². The molecule has 7 heteroatoms. The molecule has 0 saturated carbocycles. The lowest BCUT2D eigenvalue weighted by atomic mass is 10.0. The molecule has 1 amide bonds. The van der Waals surface area contributed by atoms with Gasteiger partial charge in [0.2, 0.25) is 0 Å². The molecule has 1 heterocycles. The van der Waals surface area contributed by atoms with Crippen molar-refractivity contribution in [2.45, 2.75) is 18.9 Å². The number of nitrogens with one attached hydrogen (secondary N) is 1. The summed E-state index contributed by atoms with van der Waals surface area (Å²) in [5, 5.41) is 22.3. The predicted molar refractivity (Wildman–Crippen MR) is 97.7 cm³/mol. The molecule has 5 nitrogen and oxygen atoms in total. The third-order valence-corrected chi connectivity index (χ3v) is 4.69. The molecule has 0 fully saturated rings. The average molecular weight is 374 g/mol. The molecule has 3 rings (SSSR count). The molecule has 1 aliphatic heterocycles. The van der Waals surface area contributed by atoms with Crippen LogP contribution in [0.15, 0.2) is 36.4 Å². The molecule has 1 aliphatic rings. The molecule has 134 valence electrons. The predicted octanol–water partition coefficient (Wildman–Crippen LogP) is 3.10. The number of nitrogens with zero attached hydrogens (tertiary/aromatic N) is 2. The zero-order valence-corrected chi connectivity index (χ0v) is 14.8. The van der Waals surface area contributed by atoms with E-state index in [0.717, 1.165) is 12.0 Å². The van der Waals surface area contributed by atoms with Crippen LogP contribution in [-0.2, 0) is 11.2 Å². The third-order valence-electron chi connectivity index (χ3n) is 4.37. The van der Waals surface area contributed by atoms with Crippen molar-refractivity contribution in [1.82, 2.24) is 0 Å². The Hall–Kier alpha value is -2.62. The number of nitriles is 1. The minimum atomic E-state index is -1.70. The molecule has 2 aromatic carbocycles. The molecular weight excluding hydrogens is 357 g/mol. The summed E-state index contributed by atoms with van der Waals surface area (Å²) in [6.07, 6.45) is 0.735. The van der Waals surface area contributed by atoms with Crippen LogP contribution in [0.25, 0.3) is 0 Å². The van der Waals surface area contributed by atoms with Gasteiger partial charge in [0, 0.05) is 17.9 Å². The number of carbonyl (C=O) groups is 1. The van der Waals surface area contributed by atoms with Gasteiger partial charge in [0.15, 0.2) is 5.60 Å². The quantitative estimate of drug-likeness (QED) is 0.863. The molecule has 0 radical (unpaired) electrons. The maximum absolute atomic E-state index is 13.5. The van der Waals surface area contributed by atoms with E-state index in [9.17, 15) is 14.3 Å². The zero-order chi connectivity index (χ0) is 18.9. The normalized spacial score (nSPS) is 15.1. The highest BCUT2D eigenvalue weighted by molar-refractivity contribution is 6.32. The Bertz CT molecular complexity index is 908. The summed E-state index contributed by atoms with van der Waals surface area (Å²) < 4.78 is 13.5. The number of halogens is 2. The lowest BCUT2D eigenvalue weighted by molar-refractivity contribution is -0.131. The van der Waals surface area contributed by atoms with Gasteiger partial charge in [-0.25, -0.2) is 4.39 Å². The lowest BCUT2D eigenvalue weighted by Crippen LogP contribution is -2.49. The first kappa shape index (κ1) is 18.2. The van der Waals surface area contributed by atoms with Crippen LogP contribution in [0.4, 0.5) is 15.8 Å². The summed E-state index contributed by atoms with van der Waals surface area (Å²) in [6, 6.07) is 11.0. The first-order valence-corrected chi connectivity index (χ1v) is 8.45. The second-order valence-corrected chi connectivity index (χ2v) is 6.89. The number of rotatable bonds is 4. The number of amides is 1. The van der Waals surface area contributed by atoms with E-state index in [2.05, 4.69) is 5.32 Å². The van der Waals surface area contributed by atoms with E-state index in [1.807, 2.05) is 6.07 Å². The van der Waals surface area contributed by atoms with Crippen LogP contribution >= 0.6 is 11.6 Å². The fourth-order valence-electron chi connectivity index (χ4n) is 2.98. The van der Waals surface area contributed by atoms with E-state index in [4.69, 9.17) is 16.9 Å². The molecule has 0 spiro atoms. The van der Waals surface area contributed by atoms with Crippen molar-refractivity contribution in [1.29, 1.82) is 5.26 Å². The van der Waals surface area contributed by atoms with E-state index in [-0.39, 0.29) is 17.4 Å². The third kappa shape index (κ3) is 3.64. The second kappa shape index (κ2) is 6.94. The number of aliphatic hydroxyl groups is 1. The summed E-state index contributed by atoms with van der Waals surface area (Å²) in [6.45, 7) is 2.04. The Labute approximate surface area is 155 Å². The highest BCUT2D eigenvalue weighted by Crippen LogP contribution is 2.30. The van der Waals surface area contributed by atoms with Gasteiger partial charge in [-0.2, -0.15) is 5.26 Å². The zero-order valence-electron chi connectivity index (χ0n) is 14.1. The van der Waals surface area contributed by atoms with Gasteiger partial charge in [-0.05, 0) is 49.2 Å². The Morgan fingerprint density at radius 3 is 2.88 bits per heavy atom. The standard InChI is InChI=1S/C19H17ClFN3O2/c1-19(26,11-24-7-6-12-2-4-14(21)8-17(12)24)18(25)23-15-5-3-13(10-22)16(20)9-15/h2-5,8-9,26H,6-7,11H2,1H3,(H,23,25)/t19-/m0/s1. The first-order valence-electron chi connectivity index (χ1n) is 8.07. The maximum atomic E-state index is 13.5. The summed E-state index contributed by atoms with van der Waals surface area (Å²) in [4.78, 5) is 14.3. The molecule has 0 saturated heterocycles. The highest BCUT2D eigenvalue weighted by Gasteiger charge is 2.35. The molecular formula is C19H17ClFN3O2. The van der Waals surface area contributed by atoms with Crippen molar-refractivity contribution in [3.63, 3.8) is 0 Å². The van der Waals surface area contributed by atoms with Gasteiger partial charge in [0.05, 0.1) is 17.1 Å². The number of benzene rings is 2. The van der Waals surface area contributed by atoms with Crippen molar-refractivity contribution in [2.75, 3.05) is 23.3 Å². The SMILES string of the molecule is C[C@](O)(CN1CCc2ccc(F)cc21)C(=O)Nc1ccc(C#N)c(Cl)c1. The summed E-state index contributed by atoms with van der Waals surface area (Å²) in [5.74, 6) is -0.963. The monoisotopic (exact) mass is 373 g/mol. The van der Waals surface area contributed by atoms with Crippen LogP contribution in [0.3, 0.4) is 0 Å². The topological polar surface area (TPSA) is 76.4 Å². The summed E-state index contributed by atoms with van der Waals surface area (Å²) in [5.41, 5.74) is 0.661. The number of hydrogen-bond acceptors (Lipinski definition) is 4. The molecule has 26 heavy (non-hydrogen) atoms. The van der Waals surface area contributed by atoms with Crippen LogP contribution in [-0.4, -0.2) is 29.7 Å². The van der Waals surface area contributed by atoms with Gasteiger partial charge in [0.25, 0.3) is 5.91 Å². The molecule has 0 aromatic heterocycles. The van der Waals surface area contributed by atoms with E-state index < -0.39 is 11.5 Å². The minimum absolute atomic E-state index is 0.0271. The molecule has 0 unspecified atom stereocenters. The van der Waals surface area contributed by atoms with E-state index in [0.29, 0.717) is 23.5 Å². The number of hydrogen-bond donors (Lipinski definition) is 2. The van der Waals surface area contributed by atoms with E-state index in [1.165, 1.54) is 31.2 Å². The van der Waals surface area contributed by atoms with Crippen molar-refractivity contribution < 1.29 is 14.3 Å². The lowest BCUT2D eigenvalue weighted by Gasteiger charge is -2.29. The van der Waals surface area contributed by atoms with Crippen LogP contribution in [0.2, 0.25) is 5.02 Å². The largest absolute Gasteiger partial charge is 0.378 e. The summed E-state index contributed by atoms with van der Waals surface area (Å²) >= 11 is 5.96. The maximum Gasteiger partial charge on any atom is 0.257 e. The fourth-order valence-corrected chi connectivity index (χ4v) is 3.20.